The highest BCUT2D eigenvalue weighted by Crippen LogP contribution is 2.47. The lowest BCUT2D eigenvalue weighted by Crippen LogP contribution is -2.64. The van der Waals surface area contributed by atoms with E-state index in [9.17, 15) is 44.6 Å². The smallest absolute Gasteiger partial charge is 0.462 e. The Morgan fingerprint density at radius 3 is 1.52 bits per heavy atom. The third kappa shape index (κ3) is 25.2. The van der Waals surface area contributed by atoms with E-state index in [2.05, 4.69) is 50.3 Å². The lowest BCUT2D eigenvalue weighted by atomic mass is 9.85. The minimum Gasteiger partial charge on any atom is -0.462 e. The highest BCUT2D eigenvalue weighted by atomic mass is 31.2. The van der Waals surface area contributed by atoms with Crippen LogP contribution in [0.4, 0.5) is 0 Å². The Morgan fingerprint density at radius 2 is 1.00 bits per heavy atom. The summed E-state index contributed by atoms with van der Waals surface area (Å²) in [6.45, 7) is 3.15. The topological polar surface area (TPSA) is 210 Å². The standard InChI is InChI=1S/C42H73O13P/c1-3-5-7-9-11-13-15-17-18-19-21-23-25-27-29-31-36(44)54-34(32-52-35(43)30-28-26-24-22-20-16-14-12-10-8-6-4-2)33-53-56(50,51)55-42-40(48)38(46)37(45)39(47)41(42)49/h7,9,13,15,18-19,23,25,34,37-42,45-49H,3-6,8,10-12,14,16-17,20-22,24,26-33H2,1-2H3,(H,50,51)/b9-7+,15-13+,19-18+,25-23+. The minimum absolute atomic E-state index is 0.0207. The molecule has 0 heterocycles. The summed E-state index contributed by atoms with van der Waals surface area (Å²) in [5, 5.41) is 50.0. The second-order valence-corrected chi connectivity index (χ2v) is 15.9. The molecule has 0 saturated heterocycles. The Morgan fingerprint density at radius 1 is 0.554 bits per heavy atom. The quantitative estimate of drug-likeness (QED) is 0.0168. The van der Waals surface area contributed by atoms with Crippen molar-refractivity contribution in [2.75, 3.05) is 13.2 Å². The number of rotatable bonds is 33. The van der Waals surface area contributed by atoms with Gasteiger partial charge in [0.25, 0.3) is 0 Å². The second-order valence-electron chi connectivity index (χ2n) is 14.5. The largest absolute Gasteiger partial charge is 0.472 e. The number of carbonyl (C=O) groups is 2. The number of esters is 2. The second kappa shape index (κ2) is 32.7. The van der Waals surface area contributed by atoms with Gasteiger partial charge in [0, 0.05) is 12.8 Å². The van der Waals surface area contributed by atoms with Crippen molar-refractivity contribution >= 4 is 19.8 Å². The third-order valence-corrected chi connectivity index (χ3v) is 10.4. The molecule has 1 aliphatic rings. The average molecular weight is 817 g/mol. The van der Waals surface area contributed by atoms with E-state index in [1.165, 1.54) is 51.4 Å². The number of carbonyl (C=O) groups excluding carboxylic acids is 2. The van der Waals surface area contributed by atoms with E-state index >= 15 is 0 Å². The molecular formula is C42H73O13P. The summed E-state index contributed by atoms with van der Waals surface area (Å²) >= 11 is 0. The van der Waals surface area contributed by atoms with Gasteiger partial charge in [0.05, 0.1) is 6.61 Å². The molecule has 13 nitrogen and oxygen atoms in total. The zero-order chi connectivity index (χ0) is 41.4. The molecule has 0 radical (unpaired) electrons. The van der Waals surface area contributed by atoms with Gasteiger partial charge in [0.1, 0.15) is 43.2 Å². The number of hydrogen-bond donors (Lipinski definition) is 6. The van der Waals surface area contributed by atoms with Crippen LogP contribution in [0.2, 0.25) is 0 Å². The van der Waals surface area contributed by atoms with Crippen LogP contribution in [-0.2, 0) is 32.7 Å². The molecule has 6 N–H and O–H groups in total. The molecule has 6 unspecified atom stereocenters. The lowest BCUT2D eigenvalue weighted by molar-refractivity contribution is -0.220. The maximum absolute atomic E-state index is 12.8. The number of aliphatic hydroxyl groups is 5. The number of phosphoric ester groups is 1. The molecule has 0 aromatic rings. The van der Waals surface area contributed by atoms with Gasteiger partial charge in [0.2, 0.25) is 0 Å². The first kappa shape index (κ1) is 51.8. The Balaban J connectivity index is 2.56. The van der Waals surface area contributed by atoms with Gasteiger partial charge in [-0.3, -0.25) is 18.6 Å². The first-order valence-electron chi connectivity index (χ1n) is 20.9. The molecular weight excluding hydrogens is 743 g/mol. The van der Waals surface area contributed by atoms with Crippen molar-refractivity contribution in [2.45, 2.75) is 191 Å². The number of aliphatic hydroxyl groups excluding tert-OH is 5. The Hall–Kier alpha value is -2.19. The molecule has 56 heavy (non-hydrogen) atoms. The first-order valence-corrected chi connectivity index (χ1v) is 22.4. The zero-order valence-electron chi connectivity index (χ0n) is 33.9. The first-order chi connectivity index (χ1) is 26.9. The van der Waals surface area contributed by atoms with E-state index in [0.29, 0.717) is 19.3 Å². The number of unbranched alkanes of at least 4 members (excludes halogenated alkanes) is 13. The molecule has 0 bridgehead atoms. The lowest BCUT2D eigenvalue weighted by Gasteiger charge is -2.41. The molecule has 0 spiro atoms. The monoisotopic (exact) mass is 816 g/mol. The minimum atomic E-state index is -5.13. The molecule has 1 saturated carbocycles. The summed E-state index contributed by atoms with van der Waals surface area (Å²) in [6.07, 6.45) is 23.3. The van der Waals surface area contributed by atoms with E-state index in [-0.39, 0.29) is 12.8 Å². The zero-order valence-corrected chi connectivity index (χ0v) is 34.8. The van der Waals surface area contributed by atoms with Gasteiger partial charge in [-0.1, -0.05) is 140 Å². The van der Waals surface area contributed by atoms with Gasteiger partial charge in [-0.25, -0.2) is 4.57 Å². The third-order valence-electron chi connectivity index (χ3n) is 9.40. The van der Waals surface area contributed by atoms with Gasteiger partial charge in [0.15, 0.2) is 6.10 Å². The molecule has 1 fully saturated rings. The van der Waals surface area contributed by atoms with Gasteiger partial charge < -0.3 is 39.9 Å². The number of phosphoric acid groups is 1. The summed E-state index contributed by atoms with van der Waals surface area (Å²) in [7, 11) is -5.13. The van der Waals surface area contributed by atoms with Crippen LogP contribution in [0.3, 0.4) is 0 Å². The van der Waals surface area contributed by atoms with E-state index in [0.717, 1.165) is 51.4 Å². The fraction of sp³-hybridized carbons (Fsp3) is 0.762. The SMILES string of the molecule is CCC/C=C/C/C=C/C/C=C/C/C=C/CCCC(=O)OC(COC(=O)CCCCCCCCCCCCCC)COP(=O)(O)OC1C(O)C(O)C(O)C(O)C1O. The fourth-order valence-electron chi connectivity index (χ4n) is 5.99. The summed E-state index contributed by atoms with van der Waals surface area (Å²) in [6, 6.07) is 0. The number of hydrogen-bond acceptors (Lipinski definition) is 12. The van der Waals surface area contributed by atoms with Gasteiger partial charge in [-0.2, -0.15) is 0 Å². The van der Waals surface area contributed by atoms with E-state index in [1.54, 1.807) is 0 Å². The van der Waals surface area contributed by atoms with Crippen LogP contribution in [0.5, 0.6) is 0 Å². The predicted molar refractivity (Wildman–Crippen MR) is 216 cm³/mol. The normalized spacial score (nSPS) is 23.4. The average Bonchev–Trinajstić information content (AvgIpc) is 3.18. The van der Waals surface area contributed by atoms with E-state index in [1.807, 2.05) is 12.2 Å². The highest BCUT2D eigenvalue weighted by Gasteiger charge is 2.51. The molecule has 0 amide bonds. The van der Waals surface area contributed by atoms with Crippen LogP contribution in [0, 0.1) is 0 Å². The van der Waals surface area contributed by atoms with Crippen molar-refractivity contribution in [1.82, 2.24) is 0 Å². The molecule has 1 aliphatic carbocycles. The summed E-state index contributed by atoms with van der Waals surface area (Å²) in [4.78, 5) is 35.5. The number of ether oxygens (including phenoxy) is 2. The molecule has 0 aliphatic heterocycles. The van der Waals surface area contributed by atoms with Crippen LogP contribution in [0.25, 0.3) is 0 Å². The molecule has 324 valence electrons. The van der Waals surface area contributed by atoms with Gasteiger partial charge >= 0.3 is 19.8 Å². The Kier molecular flexibility index (Phi) is 30.3. The van der Waals surface area contributed by atoms with Crippen molar-refractivity contribution < 1.29 is 63.1 Å². The van der Waals surface area contributed by atoms with Crippen LogP contribution in [-0.4, -0.2) is 98.3 Å². The van der Waals surface area contributed by atoms with Gasteiger partial charge in [-0.15, -0.1) is 0 Å². The highest BCUT2D eigenvalue weighted by molar-refractivity contribution is 7.47. The van der Waals surface area contributed by atoms with Crippen LogP contribution in [0.15, 0.2) is 48.6 Å². The molecule has 1 rings (SSSR count). The fourth-order valence-corrected chi connectivity index (χ4v) is 6.96. The van der Waals surface area contributed by atoms with E-state index in [4.69, 9.17) is 18.5 Å². The predicted octanol–water partition coefficient (Wildman–Crippen LogP) is 7.22. The molecule has 0 aromatic carbocycles. The Labute approximate surface area is 335 Å². The van der Waals surface area contributed by atoms with Crippen molar-refractivity contribution in [3.05, 3.63) is 48.6 Å². The molecule has 6 atom stereocenters. The Bertz CT molecular complexity index is 1170. The maximum Gasteiger partial charge on any atom is 0.472 e. The van der Waals surface area contributed by atoms with E-state index < -0.39 is 75.7 Å². The van der Waals surface area contributed by atoms with Gasteiger partial charge in [-0.05, 0) is 44.9 Å². The summed E-state index contributed by atoms with van der Waals surface area (Å²) in [5.41, 5.74) is 0. The summed E-state index contributed by atoms with van der Waals surface area (Å²) in [5.74, 6) is -1.17. The molecule has 14 heteroatoms. The van der Waals surface area contributed by atoms with Crippen molar-refractivity contribution in [3.63, 3.8) is 0 Å². The van der Waals surface area contributed by atoms with Crippen LogP contribution < -0.4 is 0 Å². The number of allylic oxidation sites excluding steroid dienone is 8. The van der Waals surface area contributed by atoms with Crippen molar-refractivity contribution in [1.29, 1.82) is 0 Å². The molecule has 0 aromatic heterocycles. The summed E-state index contributed by atoms with van der Waals surface area (Å²) < 4.78 is 33.3. The van der Waals surface area contributed by atoms with Crippen LogP contribution in [0.1, 0.15) is 149 Å². The van der Waals surface area contributed by atoms with Crippen molar-refractivity contribution in [2.24, 2.45) is 0 Å². The van der Waals surface area contributed by atoms with Crippen molar-refractivity contribution in [3.8, 4) is 0 Å². The van der Waals surface area contributed by atoms with Crippen LogP contribution >= 0.6 is 7.82 Å². The maximum atomic E-state index is 12.8.